The largest absolute Gasteiger partial charge is 0.385 e. The molecule has 0 saturated carbocycles. The Morgan fingerprint density at radius 3 is 2.29 bits per heavy atom. The van der Waals surface area contributed by atoms with Crippen LogP contribution in [-0.4, -0.2) is 45.7 Å². The van der Waals surface area contributed by atoms with E-state index in [1.54, 1.807) is 31.4 Å². The van der Waals surface area contributed by atoms with Gasteiger partial charge in [0.1, 0.15) is 5.75 Å². The first-order chi connectivity index (χ1) is 12.9. The van der Waals surface area contributed by atoms with E-state index >= 15 is 0 Å². The summed E-state index contributed by atoms with van der Waals surface area (Å²) in [4.78, 5) is 14.7. The van der Waals surface area contributed by atoms with Crippen molar-refractivity contribution in [3.8, 4) is 5.75 Å². The Kier molecular flexibility index (Phi) is 9.44. The number of hydrogen-bond donors (Lipinski definition) is 0. The summed E-state index contributed by atoms with van der Waals surface area (Å²) in [6.07, 6.45) is 3.28. The highest BCUT2D eigenvalue weighted by Crippen LogP contribution is 2.26. The minimum absolute atomic E-state index is 0.129. The molecule has 0 aromatic heterocycles. The molecule has 6 nitrogen and oxygen atoms in total. The predicted molar refractivity (Wildman–Crippen MR) is 112 cm³/mol. The molecule has 1 aromatic carbocycles. The van der Waals surface area contributed by atoms with Gasteiger partial charge in [-0.3, -0.25) is 4.79 Å². The lowest BCUT2D eigenvalue weighted by Crippen LogP contribution is -2.33. The van der Waals surface area contributed by atoms with E-state index in [4.69, 9.17) is 8.92 Å². The van der Waals surface area contributed by atoms with E-state index in [0.717, 1.165) is 24.7 Å². The van der Waals surface area contributed by atoms with Crippen molar-refractivity contribution in [1.82, 2.24) is 4.90 Å². The number of methoxy groups -OCH3 is 1. The monoisotopic (exact) mass is 413 g/mol. The molecule has 160 valence electrons. The molecule has 1 rings (SSSR count). The zero-order chi connectivity index (χ0) is 21.4. The number of rotatable bonds is 11. The third kappa shape index (κ3) is 10.7. The van der Waals surface area contributed by atoms with Crippen LogP contribution in [0.3, 0.4) is 0 Å². The van der Waals surface area contributed by atoms with E-state index in [2.05, 4.69) is 27.7 Å². The van der Waals surface area contributed by atoms with Crippen molar-refractivity contribution in [2.24, 2.45) is 11.3 Å². The van der Waals surface area contributed by atoms with Gasteiger partial charge in [-0.2, -0.15) is 8.42 Å². The summed E-state index contributed by atoms with van der Waals surface area (Å²) in [5.74, 6) is 0.703. The molecular formula is C21H35NO5S. The SMILES string of the molecule is COCCCN(Cc1ccc(OS(C)(=O)=O)cc1)C(=O)C[C@H](C)CC(C)(C)C. The lowest BCUT2D eigenvalue weighted by molar-refractivity contribution is -0.133. The Balaban J connectivity index is 2.79. The van der Waals surface area contributed by atoms with Crippen molar-refractivity contribution in [3.05, 3.63) is 29.8 Å². The van der Waals surface area contributed by atoms with Crippen molar-refractivity contribution in [2.75, 3.05) is 26.5 Å². The van der Waals surface area contributed by atoms with Crippen LogP contribution in [0.5, 0.6) is 5.75 Å². The van der Waals surface area contributed by atoms with Gasteiger partial charge < -0.3 is 13.8 Å². The van der Waals surface area contributed by atoms with Crippen LogP contribution >= 0.6 is 0 Å². The Bertz CT molecular complexity index is 707. The molecule has 7 heteroatoms. The topological polar surface area (TPSA) is 72.9 Å². The normalized spacial score (nSPS) is 13.2. The molecule has 0 aliphatic rings. The number of carbonyl (C=O) groups excluding carboxylic acids is 1. The first-order valence-electron chi connectivity index (χ1n) is 9.65. The number of benzene rings is 1. The van der Waals surface area contributed by atoms with Gasteiger partial charge >= 0.3 is 10.1 Å². The molecular weight excluding hydrogens is 378 g/mol. The Morgan fingerprint density at radius 1 is 1.18 bits per heavy atom. The van der Waals surface area contributed by atoms with Gasteiger partial charge in [0.15, 0.2) is 0 Å². The average molecular weight is 414 g/mol. The van der Waals surface area contributed by atoms with Gasteiger partial charge in [0, 0.05) is 33.2 Å². The van der Waals surface area contributed by atoms with E-state index in [0.29, 0.717) is 32.0 Å². The van der Waals surface area contributed by atoms with Gasteiger partial charge in [-0.05, 0) is 41.9 Å². The van der Waals surface area contributed by atoms with E-state index in [1.165, 1.54) is 0 Å². The Labute approximate surface area is 170 Å². The van der Waals surface area contributed by atoms with E-state index in [-0.39, 0.29) is 17.1 Å². The second-order valence-electron chi connectivity index (χ2n) is 8.67. The highest BCUT2D eigenvalue weighted by molar-refractivity contribution is 7.86. The summed E-state index contributed by atoms with van der Waals surface area (Å²) in [7, 11) is -1.90. The maximum absolute atomic E-state index is 12.9. The number of hydrogen-bond acceptors (Lipinski definition) is 5. The molecule has 0 bridgehead atoms. The van der Waals surface area contributed by atoms with Crippen molar-refractivity contribution < 1.29 is 22.1 Å². The van der Waals surface area contributed by atoms with Crippen LogP contribution in [0.1, 0.15) is 52.5 Å². The van der Waals surface area contributed by atoms with Crippen molar-refractivity contribution in [3.63, 3.8) is 0 Å². The predicted octanol–water partition coefficient (Wildman–Crippen LogP) is 3.85. The first-order valence-corrected chi connectivity index (χ1v) is 11.5. The summed E-state index contributed by atoms with van der Waals surface area (Å²) in [6.45, 7) is 10.4. The third-order valence-electron chi connectivity index (χ3n) is 4.16. The van der Waals surface area contributed by atoms with E-state index < -0.39 is 10.1 Å². The molecule has 0 aliphatic carbocycles. The smallest absolute Gasteiger partial charge is 0.306 e. The molecule has 0 aliphatic heterocycles. The number of amides is 1. The molecule has 1 aromatic rings. The molecule has 0 spiro atoms. The summed E-state index contributed by atoms with van der Waals surface area (Å²) < 4.78 is 32.4. The van der Waals surface area contributed by atoms with Crippen LogP contribution in [0.4, 0.5) is 0 Å². The lowest BCUT2D eigenvalue weighted by Gasteiger charge is -2.27. The quantitative estimate of drug-likeness (QED) is 0.407. The minimum atomic E-state index is -3.55. The maximum atomic E-state index is 12.9. The van der Waals surface area contributed by atoms with E-state index in [1.807, 2.05) is 4.90 Å². The second-order valence-corrected chi connectivity index (χ2v) is 10.2. The van der Waals surface area contributed by atoms with Crippen molar-refractivity contribution in [1.29, 1.82) is 0 Å². The highest BCUT2D eigenvalue weighted by atomic mass is 32.2. The molecule has 0 heterocycles. The number of ether oxygens (including phenoxy) is 1. The first kappa shape index (κ1) is 24.4. The van der Waals surface area contributed by atoms with Gasteiger partial charge in [-0.25, -0.2) is 0 Å². The number of carbonyl (C=O) groups is 1. The van der Waals surface area contributed by atoms with Gasteiger partial charge in [-0.1, -0.05) is 39.8 Å². The van der Waals surface area contributed by atoms with Gasteiger partial charge in [0.05, 0.1) is 6.26 Å². The fourth-order valence-corrected chi connectivity index (χ4v) is 3.74. The third-order valence-corrected chi connectivity index (χ3v) is 4.65. The van der Waals surface area contributed by atoms with Gasteiger partial charge in [-0.15, -0.1) is 0 Å². The highest BCUT2D eigenvalue weighted by Gasteiger charge is 2.21. The summed E-state index contributed by atoms with van der Waals surface area (Å²) >= 11 is 0. The molecule has 0 N–H and O–H groups in total. The van der Waals surface area contributed by atoms with Crippen LogP contribution in [0.15, 0.2) is 24.3 Å². The molecule has 28 heavy (non-hydrogen) atoms. The molecule has 0 radical (unpaired) electrons. The summed E-state index contributed by atoms with van der Waals surface area (Å²) in [5.41, 5.74) is 1.12. The Hall–Kier alpha value is -1.60. The minimum Gasteiger partial charge on any atom is -0.385 e. The fourth-order valence-electron chi connectivity index (χ4n) is 3.28. The molecule has 1 amide bonds. The van der Waals surface area contributed by atoms with Crippen LogP contribution < -0.4 is 4.18 Å². The van der Waals surface area contributed by atoms with Crippen molar-refractivity contribution >= 4 is 16.0 Å². The van der Waals surface area contributed by atoms with Crippen LogP contribution in [0.2, 0.25) is 0 Å². The molecule has 0 fully saturated rings. The van der Waals surface area contributed by atoms with E-state index in [9.17, 15) is 13.2 Å². The number of nitrogens with zero attached hydrogens (tertiary/aromatic N) is 1. The lowest BCUT2D eigenvalue weighted by atomic mass is 9.84. The standard InChI is InChI=1S/C21H35NO5S/c1-17(15-21(2,3)4)14-20(23)22(12-7-13-26-5)16-18-8-10-19(11-9-18)27-28(6,24)25/h8-11,17H,7,12-16H2,1-6H3/t17-/m0/s1. The van der Waals surface area contributed by atoms with Crippen LogP contribution in [0.25, 0.3) is 0 Å². The molecule has 0 saturated heterocycles. The summed E-state index contributed by atoms with van der Waals surface area (Å²) in [5, 5.41) is 0. The molecule has 1 atom stereocenters. The van der Waals surface area contributed by atoms with Crippen LogP contribution in [0, 0.1) is 11.3 Å². The Morgan fingerprint density at radius 2 is 1.79 bits per heavy atom. The maximum Gasteiger partial charge on any atom is 0.306 e. The molecule has 0 unspecified atom stereocenters. The van der Waals surface area contributed by atoms with Crippen molar-refractivity contribution in [2.45, 2.75) is 53.5 Å². The average Bonchev–Trinajstić information content (AvgIpc) is 2.52. The zero-order valence-electron chi connectivity index (χ0n) is 18.0. The summed E-state index contributed by atoms with van der Waals surface area (Å²) in [6, 6.07) is 6.79. The zero-order valence-corrected chi connectivity index (χ0v) is 18.8. The fraction of sp³-hybridized carbons (Fsp3) is 0.667. The van der Waals surface area contributed by atoms with Gasteiger partial charge in [0.25, 0.3) is 0 Å². The van der Waals surface area contributed by atoms with Gasteiger partial charge in [0.2, 0.25) is 5.91 Å². The van der Waals surface area contributed by atoms with Crippen LogP contribution in [-0.2, 0) is 26.2 Å². The second kappa shape index (κ2) is 10.8.